The van der Waals surface area contributed by atoms with Crippen molar-refractivity contribution < 1.29 is 19.4 Å². The number of fused-ring (bicyclic) bond motifs is 1. The summed E-state index contributed by atoms with van der Waals surface area (Å²) in [5, 5.41) is 9.39. The second-order valence-corrected chi connectivity index (χ2v) is 7.02. The molecule has 0 saturated carbocycles. The molecule has 0 bridgehead atoms. The number of aromatic amines is 1. The summed E-state index contributed by atoms with van der Waals surface area (Å²) >= 11 is 0. The molecule has 0 fully saturated rings. The van der Waals surface area contributed by atoms with Crippen molar-refractivity contribution >= 4 is 22.8 Å². The van der Waals surface area contributed by atoms with Crippen molar-refractivity contribution in [1.29, 1.82) is 0 Å². The van der Waals surface area contributed by atoms with Crippen LogP contribution in [0.3, 0.4) is 0 Å². The van der Waals surface area contributed by atoms with Gasteiger partial charge in [-0.3, -0.25) is 9.78 Å². The summed E-state index contributed by atoms with van der Waals surface area (Å²) in [6.07, 6.45) is 5.23. The Balaban J connectivity index is 1.57. The first-order valence-electron chi connectivity index (χ1n) is 9.54. The van der Waals surface area contributed by atoms with E-state index < -0.39 is 11.9 Å². The molecule has 0 aliphatic rings. The van der Waals surface area contributed by atoms with Crippen molar-refractivity contribution in [3.8, 4) is 0 Å². The molecule has 154 valence electrons. The highest BCUT2D eigenvalue weighted by molar-refractivity contribution is 5.94. The van der Waals surface area contributed by atoms with Gasteiger partial charge in [0, 0.05) is 47.0 Å². The molecule has 0 radical (unpaired) electrons. The Morgan fingerprint density at radius 2 is 1.77 bits per heavy atom. The Labute approximate surface area is 177 Å². The number of hydrogen-bond acceptors (Lipinski definition) is 5. The fourth-order valence-corrected chi connectivity index (χ4v) is 3.22. The zero-order chi connectivity index (χ0) is 21.8. The third kappa shape index (κ3) is 4.51. The number of aromatic carboxylic acids is 1. The Morgan fingerprint density at radius 1 is 1.00 bits per heavy atom. The molecule has 2 heterocycles. The summed E-state index contributed by atoms with van der Waals surface area (Å²) in [7, 11) is 0. The highest BCUT2D eigenvalue weighted by Gasteiger charge is 2.12. The smallest absolute Gasteiger partial charge is 0.338 e. The molecular formula is C24H18N2O5. The van der Waals surface area contributed by atoms with Crippen molar-refractivity contribution in [3.63, 3.8) is 0 Å². The number of pyridine rings is 2. The maximum Gasteiger partial charge on any atom is 0.338 e. The van der Waals surface area contributed by atoms with Crippen molar-refractivity contribution in [2.45, 2.75) is 13.0 Å². The van der Waals surface area contributed by atoms with Gasteiger partial charge in [0.05, 0.1) is 11.1 Å². The Hall–Kier alpha value is -4.26. The molecule has 31 heavy (non-hydrogen) atoms. The molecule has 4 rings (SSSR count). The van der Waals surface area contributed by atoms with E-state index in [1.54, 1.807) is 55.0 Å². The minimum atomic E-state index is -1.00. The van der Waals surface area contributed by atoms with Crippen LogP contribution in [0.5, 0.6) is 0 Å². The van der Waals surface area contributed by atoms with Crippen LogP contribution in [0.2, 0.25) is 0 Å². The highest BCUT2D eigenvalue weighted by atomic mass is 16.5. The number of carboxylic acid groups (broad SMARTS) is 1. The first-order chi connectivity index (χ1) is 15.0. The fourth-order valence-electron chi connectivity index (χ4n) is 3.22. The number of carbonyl (C=O) groups is 2. The molecule has 2 N–H and O–H groups in total. The number of aromatic nitrogens is 2. The quantitative estimate of drug-likeness (QED) is 0.467. The number of esters is 1. The van der Waals surface area contributed by atoms with Crippen LogP contribution in [0.15, 0.2) is 78.0 Å². The summed E-state index contributed by atoms with van der Waals surface area (Å²) in [4.78, 5) is 43.5. The lowest BCUT2D eigenvalue weighted by Gasteiger charge is -2.07. The number of nitrogens with zero attached hydrogens (tertiary/aromatic N) is 1. The predicted molar refractivity (Wildman–Crippen MR) is 114 cm³/mol. The van der Waals surface area contributed by atoms with Gasteiger partial charge in [0.1, 0.15) is 6.61 Å². The van der Waals surface area contributed by atoms with E-state index in [4.69, 9.17) is 9.84 Å². The number of hydrogen-bond donors (Lipinski definition) is 2. The second-order valence-electron chi connectivity index (χ2n) is 7.02. The lowest BCUT2D eigenvalue weighted by molar-refractivity contribution is 0.0472. The molecular weight excluding hydrogens is 396 g/mol. The topological polar surface area (TPSA) is 109 Å². The van der Waals surface area contributed by atoms with E-state index in [2.05, 4.69) is 9.97 Å². The number of benzene rings is 2. The van der Waals surface area contributed by atoms with Crippen LogP contribution in [0.1, 0.15) is 37.4 Å². The molecule has 2 aromatic heterocycles. The van der Waals surface area contributed by atoms with Gasteiger partial charge in [-0.05, 0) is 42.0 Å². The standard InChI is InChI=1S/C24H18N2O5/c27-22-19(10-15-3-5-17(6-4-15)23(28)29)13-26-21-8-7-18(11-20(21)22)24(30)31-14-16-2-1-9-25-12-16/h1-9,11-13H,10,14H2,(H,26,27)(H,28,29). The molecule has 7 nitrogen and oxygen atoms in total. The van der Waals surface area contributed by atoms with Crippen LogP contribution in [-0.2, 0) is 17.8 Å². The maximum atomic E-state index is 13.0. The predicted octanol–water partition coefficient (Wildman–Crippen LogP) is 3.57. The van der Waals surface area contributed by atoms with Gasteiger partial charge >= 0.3 is 11.9 Å². The number of carbonyl (C=O) groups excluding carboxylic acids is 1. The molecule has 0 saturated heterocycles. The van der Waals surface area contributed by atoms with E-state index in [1.807, 2.05) is 0 Å². The van der Waals surface area contributed by atoms with E-state index in [9.17, 15) is 14.4 Å². The molecule has 0 aliphatic heterocycles. The minimum absolute atomic E-state index is 0.0907. The first-order valence-corrected chi connectivity index (χ1v) is 9.54. The molecule has 0 spiro atoms. The van der Waals surface area contributed by atoms with Crippen LogP contribution < -0.4 is 5.43 Å². The summed E-state index contributed by atoms with van der Waals surface area (Å²) in [5.74, 6) is -1.53. The van der Waals surface area contributed by atoms with E-state index in [0.29, 0.717) is 22.9 Å². The van der Waals surface area contributed by atoms with Gasteiger partial charge in [-0.25, -0.2) is 9.59 Å². The Kier molecular flexibility index (Phi) is 5.57. The van der Waals surface area contributed by atoms with Crippen molar-refractivity contribution in [2.24, 2.45) is 0 Å². The van der Waals surface area contributed by atoms with Crippen LogP contribution in [0.25, 0.3) is 10.9 Å². The second kappa shape index (κ2) is 8.62. The van der Waals surface area contributed by atoms with E-state index in [1.165, 1.54) is 18.2 Å². The zero-order valence-electron chi connectivity index (χ0n) is 16.4. The van der Waals surface area contributed by atoms with Gasteiger partial charge in [-0.2, -0.15) is 0 Å². The first kappa shape index (κ1) is 20.0. The van der Waals surface area contributed by atoms with Crippen molar-refractivity contribution in [2.75, 3.05) is 0 Å². The van der Waals surface area contributed by atoms with Crippen molar-refractivity contribution in [1.82, 2.24) is 9.97 Å². The third-order valence-corrected chi connectivity index (χ3v) is 4.88. The SMILES string of the molecule is O=C(O)c1ccc(Cc2c[nH]c3ccc(C(=O)OCc4cccnc4)cc3c2=O)cc1. The van der Waals surface area contributed by atoms with Crippen LogP contribution in [0, 0.1) is 0 Å². The molecule has 0 aliphatic carbocycles. The van der Waals surface area contributed by atoms with Crippen LogP contribution in [-0.4, -0.2) is 27.0 Å². The monoisotopic (exact) mass is 414 g/mol. The number of rotatable bonds is 6. The van der Waals surface area contributed by atoms with Gasteiger partial charge in [0.25, 0.3) is 0 Å². The maximum absolute atomic E-state index is 13.0. The van der Waals surface area contributed by atoms with Crippen LogP contribution >= 0.6 is 0 Å². The van der Waals surface area contributed by atoms with Gasteiger partial charge in [0.2, 0.25) is 0 Å². The number of ether oxygens (including phenoxy) is 1. The molecule has 0 atom stereocenters. The van der Waals surface area contributed by atoms with E-state index in [0.717, 1.165) is 11.1 Å². The molecule has 2 aromatic carbocycles. The van der Waals surface area contributed by atoms with Gasteiger partial charge in [-0.15, -0.1) is 0 Å². The van der Waals surface area contributed by atoms with Crippen LogP contribution in [0.4, 0.5) is 0 Å². The normalized spacial score (nSPS) is 10.7. The number of H-pyrrole nitrogens is 1. The van der Waals surface area contributed by atoms with Crippen molar-refractivity contribution in [3.05, 3.63) is 111 Å². The molecule has 0 amide bonds. The summed E-state index contributed by atoms with van der Waals surface area (Å²) in [6, 6.07) is 14.7. The number of nitrogens with one attached hydrogen (secondary N) is 1. The lowest BCUT2D eigenvalue weighted by Crippen LogP contribution is -2.12. The average Bonchev–Trinajstić information content (AvgIpc) is 2.80. The summed E-state index contributed by atoms with van der Waals surface area (Å²) in [5.41, 5.74) is 2.97. The minimum Gasteiger partial charge on any atom is -0.478 e. The van der Waals surface area contributed by atoms with Gasteiger partial charge < -0.3 is 14.8 Å². The Bertz CT molecular complexity index is 1310. The molecule has 7 heteroatoms. The highest BCUT2D eigenvalue weighted by Crippen LogP contribution is 2.15. The fraction of sp³-hybridized carbons (Fsp3) is 0.0833. The van der Waals surface area contributed by atoms with E-state index >= 15 is 0 Å². The van der Waals surface area contributed by atoms with E-state index in [-0.39, 0.29) is 23.2 Å². The zero-order valence-corrected chi connectivity index (χ0v) is 16.4. The lowest BCUT2D eigenvalue weighted by atomic mass is 10.0. The van der Waals surface area contributed by atoms with Gasteiger partial charge in [0.15, 0.2) is 5.43 Å². The molecule has 4 aromatic rings. The molecule has 0 unspecified atom stereocenters. The average molecular weight is 414 g/mol. The summed E-state index contributed by atoms with van der Waals surface area (Å²) < 4.78 is 5.32. The third-order valence-electron chi connectivity index (χ3n) is 4.88. The largest absolute Gasteiger partial charge is 0.478 e. The Morgan fingerprint density at radius 3 is 2.48 bits per heavy atom. The number of carboxylic acids is 1. The van der Waals surface area contributed by atoms with Gasteiger partial charge in [-0.1, -0.05) is 18.2 Å². The summed E-state index contributed by atoms with van der Waals surface area (Å²) in [6.45, 7) is 0.0907.